The van der Waals surface area contributed by atoms with Crippen LogP contribution in [0.15, 0.2) is 29.6 Å². The van der Waals surface area contributed by atoms with Crippen LogP contribution in [-0.2, 0) is 13.0 Å². The van der Waals surface area contributed by atoms with Crippen molar-refractivity contribution in [2.24, 2.45) is 0 Å². The summed E-state index contributed by atoms with van der Waals surface area (Å²) < 4.78 is 0. The first-order valence-corrected chi connectivity index (χ1v) is 7.09. The quantitative estimate of drug-likeness (QED) is 0.779. The lowest BCUT2D eigenvalue weighted by Crippen LogP contribution is -2.30. The number of carbonyl (C=O) groups excluding carboxylic acids is 1. The maximum Gasteiger partial charge on any atom is 0.153 e. The summed E-state index contributed by atoms with van der Waals surface area (Å²) in [4.78, 5) is 14.9. The number of anilines is 1. The molecule has 3 rings (SSSR count). The fraction of sp³-hybridized carbons (Fsp3) is 0.214. The summed E-state index contributed by atoms with van der Waals surface area (Å²) in [5.41, 5.74) is 2.90. The molecule has 0 saturated heterocycles. The van der Waals surface area contributed by atoms with Gasteiger partial charge in [-0.3, -0.25) is 4.79 Å². The molecule has 0 unspecified atom stereocenters. The molecule has 0 bridgehead atoms. The Balaban J connectivity index is 1.98. The van der Waals surface area contributed by atoms with Crippen LogP contribution >= 0.6 is 22.9 Å². The largest absolute Gasteiger partial charge is 0.366 e. The van der Waals surface area contributed by atoms with E-state index in [1.807, 2.05) is 23.5 Å². The lowest BCUT2D eigenvalue weighted by Gasteiger charge is -2.30. The molecule has 0 saturated carbocycles. The summed E-state index contributed by atoms with van der Waals surface area (Å²) in [7, 11) is 0. The molecule has 1 aromatic heterocycles. The minimum absolute atomic E-state index is 0.526. The molecular formula is C14H12ClNOS. The highest BCUT2D eigenvalue weighted by Crippen LogP contribution is 2.31. The third-order valence-electron chi connectivity index (χ3n) is 3.30. The van der Waals surface area contributed by atoms with Crippen LogP contribution < -0.4 is 4.90 Å². The van der Waals surface area contributed by atoms with Crippen LogP contribution in [0.4, 0.5) is 5.69 Å². The second-order valence-corrected chi connectivity index (χ2v) is 5.74. The van der Waals surface area contributed by atoms with Crippen molar-refractivity contribution < 1.29 is 4.79 Å². The van der Waals surface area contributed by atoms with Crippen molar-refractivity contribution in [1.82, 2.24) is 0 Å². The van der Waals surface area contributed by atoms with Crippen LogP contribution in [0.3, 0.4) is 0 Å². The van der Waals surface area contributed by atoms with Crippen LogP contribution in [0.1, 0.15) is 20.8 Å². The third-order valence-corrected chi connectivity index (χ3v) is 4.65. The second kappa shape index (κ2) is 4.75. The van der Waals surface area contributed by atoms with Gasteiger partial charge in [0.15, 0.2) is 6.29 Å². The third kappa shape index (κ3) is 1.93. The van der Waals surface area contributed by atoms with E-state index in [1.54, 1.807) is 6.07 Å². The number of benzene rings is 1. The number of hydrogen-bond acceptors (Lipinski definition) is 3. The van der Waals surface area contributed by atoms with Gasteiger partial charge < -0.3 is 4.90 Å². The minimum Gasteiger partial charge on any atom is -0.366 e. The molecule has 18 heavy (non-hydrogen) atoms. The van der Waals surface area contributed by atoms with E-state index in [2.05, 4.69) is 16.3 Å². The van der Waals surface area contributed by atoms with Gasteiger partial charge in [0.05, 0.1) is 10.6 Å². The molecule has 0 fully saturated rings. The van der Waals surface area contributed by atoms with E-state index < -0.39 is 0 Å². The molecule has 1 aliphatic rings. The molecule has 0 aliphatic carbocycles. The van der Waals surface area contributed by atoms with Gasteiger partial charge in [-0.25, -0.2) is 0 Å². The van der Waals surface area contributed by atoms with Crippen molar-refractivity contribution in [3.63, 3.8) is 0 Å². The second-order valence-electron chi connectivity index (χ2n) is 4.33. The van der Waals surface area contributed by atoms with E-state index >= 15 is 0 Å². The minimum atomic E-state index is 0.526. The van der Waals surface area contributed by atoms with E-state index in [0.29, 0.717) is 10.6 Å². The molecule has 1 aromatic carbocycles. The molecule has 92 valence electrons. The number of halogens is 1. The molecule has 0 spiro atoms. The van der Waals surface area contributed by atoms with Crippen LogP contribution in [0.25, 0.3) is 0 Å². The summed E-state index contributed by atoms with van der Waals surface area (Å²) >= 11 is 7.89. The van der Waals surface area contributed by atoms with Gasteiger partial charge in [0, 0.05) is 23.7 Å². The van der Waals surface area contributed by atoms with Gasteiger partial charge in [0.25, 0.3) is 0 Å². The summed E-state index contributed by atoms with van der Waals surface area (Å²) in [5.74, 6) is 0. The molecule has 4 heteroatoms. The molecule has 2 heterocycles. The average molecular weight is 278 g/mol. The fourth-order valence-electron chi connectivity index (χ4n) is 2.37. The Bertz CT molecular complexity index is 593. The molecule has 0 radical (unpaired) electrons. The number of nitrogens with zero attached hydrogens (tertiary/aromatic N) is 1. The number of carbonyl (C=O) groups is 1. The SMILES string of the molecule is O=Cc1c(Cl)cccc1N1CCc2sccc2C1. The zero-order chi connectivity index (χ0) is 12.5. The number of fused-ring (bicyclic) bond motifs is 1. The first-order chi connectivity index (χ1) is 8.79. The average Bonchev–Trinajstić information content (AvgIpc) is 2.85. The van der Waals surface area contributed by atoms with Gasteiger partial charge in [-0.15, -0.1) is 11.3 Å². The van der Waals surface area contributed by atoms with Crippen molar-refractivity contribution in [3.05, 3.63) is 50.7 Å². The Kier molecular flexibility index (Phi) is 3.10. The number of thiophene rings is 1. The molecule has 0 N–H and O–H groups in total. The van der Waals surface area contributed by atoms with Gasteiger partial charge in [0.1, 0.15) is 0 Å². The summed E-state index contributed by atoms with van der Waals surface area (Å²) in [6, 6.07) is 7.78. The lowest BCUT2D eigenvalue weighted by molar-refractivity contribution is 0.112. The Labute approximate surface area is 115 Å². The van der Waals surface area contributed by atoms with Crippen molar-refractivity contribution in [1.29, 1.82) is 0 Å². The highest BCUT2D eigenvalue weighted by Gasteiger charge is 2.20. The molecule has 2 aromatic rings. The van der Waals surface area contributed by atoms with Gasteiger partial charge in [-0.1, -0.05) is 17.7 Å². The predicted molar refractivity (Wildman–Crippen MR) is 75.9 cm³/mol. The molecule has 1 aliphatic heterocycles. The van der Waals surface area contributed by atoms with Crippen LogP contribution in [0, 0.1) is 0 Å². The first kappa shape index (κ1) is 11.8. The zero-order valence-corrected chi connectivity index (χ0v) is 11.3. The lowest BCUT2D eigenvalue weighted by atomic mass is 10.1. The smallest absolute Gasteiger partial charge is 0.153 e. The maximum absolute atomic E-state index is 11.2. The highest BCUT2D eigenvalue weighted by molar-refractivity contribution is 7.10. The predicted octanol–water partition coefficient (Wildman–Crippen LogP) is 3.78. The molecule has 0 amide bonds. The van der Waals surface area contributed by atoms with E-state index in [1.165, 1.54) is 10.4 Å². The van der Waals surface area contributed by atoms with Crippen LogP contribution in [-0.4, -0.2) is 12.8 Å². The Morgan fingerprint density at radius 1 is 1.33 bits per heavy atom. The molecule has 2 nitrogen and oxygen atoms in total. The van der Waals surface area contributed by atoms with Gasteiger partial charge in [-0.05, 0) is 35.6 Å². The normalized spacial score (nSPS) is 14.4. The van der Waals surface area contributed by atoms with Crippen molar-refractivity contribution >= 4 is 34.9 Å². The number of hydrogen-bond donors (Lipinski definition) is 0. The van der Waals surface area contributed by atoms with Gasteiger partial charge in [-0.2, -0.15) is 0 Å². The summed E-state index contributed by atoms with van der Waals surface area (Å²) in [5, 5.41) is 2.66. The topological polar surface area (TPSA) is 20.3 Å². The van der Waals surface area contributed by atoms with Crippen LogP contribution in [0.2, 0.25) is 5.02 Å². The fourth-order valence-corrected chi connectivity index (χ4v) is 3.48. The van der Waals surface area contributed by atoms with Gasteiger partial charge in [0.2, 0.25) is 0 Å². The van der Waals surface area contributed by atoms with Crippen molar-refractivity contribution in [2.45, 2.75) is 13.0 Å². The summed E-state index contributed by atoms with van der Waals surface area (Å²) in [6.07, 6.45) is 1.89. The number of rotatable bonds is 2. The molecule has 0 atom stereocenters. The molecular weight excluding hydrogens is 266 g/mol. The number of aldehydes is 1. The van der Waals surface area contributed by atoms with E-state index in [-0.39, 0.29) is 0 Å². The summed E-state index contributed by atoms with van der Waals surface area (Å²) in [6.45, 7) is 1.80. The highest BCUT2D eigenvalue weighted by atomic mass is 35.5. The van der Waals surface area contributed by atoms with E-state index in [4.69, 9.17) is 11.6 Å². The van der Waals surface area contributed by atoms with Crippen molar-refractivity contribution in [3.8, 4) is 0 Å². The monoisotopic (exact) mass is 277 g/mol. The zero-order valence-electron chi connectivity index (χ0n) is 9.73. The van der Waals surface area contributed by atoms with E-state index in [0.717, 1.165) is 31.5 Å². The van der Waals surface area contributed by atoms with Crippen LogP contribution in [0.5, 0.6) is 0 Å². The maximum atomic E-state index is 11.2. The van der Waals surface area contributed by atoms with E-state index in [9.17, 15) is 4.79 Å². The Morgan fingerprint density at radius 2 is 2.22 bits per heavy atom. The van der Waals surface area contributed by atoms with Crippen molar-refractivity contribution in [2.75, 3.05) is 11.4 Å². The Morgan fingerprint density at radius 3 is 3.06 bits per heavy atom. The Hall–Kier alpha value is -1.32. The van der Waals surface area contributed by atoms with Gasteiger partial charge >= 0.3 is 0 Å². The first-order valence-electron chi connectivity index (χ1n) is 5.83. The standard InChI is InChI=1S/C14H12ClNOS/c15-12-2-1-3-13(11(12)9-17)16-6-4-14-10(8-16)5-7-18-14/h1-3,5,7,9H,4,6,8H2.